The molecule has 1 aromatic rings. The van der Waals surface area contributed by atoms with Crippen LogP contribution in [0, 0.1) is 11.8 Å². The second kappa shape index (κ2) is 5.56. The summed E-state index contributed by atoms with van der Waals surface area (Å²) in [6, 6.07) is 6.83. The van der Waals surface area contributed by atoms with E-state index in [1.54, 1.807) is 24.3 Å². The van der Waals surface area contributed by atoms with Gasteiger partial charge in [0.05, 0.1) is 11.8 Å². The molecule has 1 amide bonds. The number of nitrogens with two attached hydrogens (primary N) is 1. The Labute approximate surface area is 111 Å². The van der Waals surface area contributed by atoms with Crippen molar-refractivity contribution in [1.29, 1.82) is 0 Å². The summed E-state index contributed by atoms with van der Waals surface area (Å²) in [5.74, 6) is -2.41. The Bertz CT molecular complexity index is 525. The Morgan fingerprint density at radius 2 is 1.89 bits per heavy atom. The van der Waals surface area contributed by atoms with E-state index in [9.17, 15) is 9.59 Å². The van der Waals surface area contributed by atoms with Crippen LogP contribution < -0.4 is 11.1 Å². The van der Waals surface area contributed by atoms with Crippen LogP contribution in [-0.4, -0.2) is 17.0 Å². The first-order valence-corrected chi connectivity index (χ1v) is 6.12. The standard InChI is InChI=1S/C14H16N2O3/c15-9-4-3-5-10(8-9)16-13(17)11-6-1-2-7-12(11)14(18)19/h1-5,8,11-12H,6-7,15H2,(H,16,17)(H,18,19). The van der Waals surface area contributed by atoms with Crippen LogP contribution in [0.4, 0.5) is 11.4 Å². The lowest BCUT2D eigenvalue weighted by Crippen LogP contribution is -2.34. The van der Waals surface area contributed by atoms with Crippen LogP contribution in [0.2, 0.25) is 0 Å². The Morgan fingerprint density at radius 1 is 1.21 bits per heavy atom. The summed E-state index contributed by atoms with van der Waals surface area (Å²) >= 11 is 0. The van der Waals surface area contributed by atoms with Gasteiger partial charge in [0.1, 0.15) is 0 Å². The van der Waals surface area contributed by atoms with Crippen LogP contribution in [0.15, 0.2) is 36.4 Å². The van der Waals surface area contributed by atoms with Crippen molar-refractivity contribution in [3.63, 3.8) is 0 Å². The smallest absolute Gasteiger partial charge is 0.307 e. The third-order valence-corrected chi connectivity index (χ3v) is 3.24. The normalized spacial score (nSPS) is 21.9. The van der Waals surface area contributed by atoms with Gasteiger partial charge in [-0.3, -0.25) is 9.59 Å². The molecule has 0 saturated heterocycles. The summed E-state index contributed by atoms with van der Waals surface area (Å²) in [6.45, 7) is 0. The molecule has 1 aliphatic rings. The molecule has 5 nitrogen and oxygen atoms in total. The van der Waals surface area contributed by atoms with E-state index in [1.165, 1.54) is 0 Å². The average molecular weight is 260 g/mol. The summed E-state index contributed by atoms with van der Waals surface area (Å²) in [5, 5.41) is 11.9. The fourth-order valence-corrected chi connectivity index (χ4v) is 2.23. The summed E-state index contributed by atoms with van der Waals surface area (Å²) in [5.41, 5.74) is 6.77. The topological polar surface area (TPSA) is 92.4 Å². The molecule has 5 heteroatoms. The van der Waals surface area contributed by atoms with Crippen LogP contribution in [0.25, 0.3) is 0 Å². The number of amides is 1. The number of hydrogen-bond acceptors (Lipinski definition) is 3. The number of nitrogens with one attached hydrogen (secondary N) is 1. The number of benzene rings is 1. The lowest BCUT2D eigenvalue weighted by molar-refractivity contribution is -0.146. The van der Waals surface area contributed by atoms with Gasteiger partial charge in [-0.1, -0.05) is 18.2 Å². The minimum atomic E-state index is -0.933. The number of allylic oxidation sites excluding steroid dienone is 2. The van der Waals surface area contributed by atoms with E-state index in [1.807, 2.05) is 12.2 Å². The molecule has 0 aromatic heterocycles. The maximum atomic E-state index is 12.1. The van der Waals surface area contributed by atoms with Crippen LogP contribution in [0.1, 0.15) is 12.8 Å². The maximum absolute atomic E-state index is 12.1. The Hall–Kier alpha value is -2.30. The SMILES string of the molecule is Nc1cccc(NC(=O)C2CC=CCC2C(=O)O)c1. The van der Waals surface area contributed by atoms with Gasteiger partial charge in [0.25, 0.3) is 0 Å². The molecule has 2 unspecified atom stereocenters. The first kappa shape index (κ1) is 13.1. The van der Waals surface area contributed by atoms with E-state index >= 15 is 0 Å². The van der Waals surface area contributed by atoms with Crippen molar-refractivity contribution in [1.82, 2.24) is 0 Å². The number of hydrogen-bond donors (Lipinski definition) is 3. The quantitative estimate of drug-likeness (QED) is 0.571. The van der Waals surface area contributed by atoms with Crippen molar-refractivity contribution in [2.45, 2.75) is 12.8 Å². The van der Waals surface area contributed by atoms with Gasteiger partial charge in [-0.15, -0.1) is 0 Å². The number of aliphatic carboxylic acids is 1. The molecule has 0 heterocycles. The van der Waals surface area contributed by atoms with Crippen molar-refractivity contribution in [2.75, 3.05) is 11.1 Å². The van der Waals surface area contributed by atoms with E-state index in [-0.39, 0.29) is 5.91 Å². The van der Waals surface area contributed by atoms with E-state index in [4.69, 9.17) is 10.8 Å². The highest BCUT2D eigenvalue weighted by Gasteiger charge is 2.33. The summed E-state index contributed by atoms with van der Waals surface area (Å²) < 4.78 is 0. The second-order valence-corrected chi connectivity index (χ2v) is 4.61. The zero-order valence-electron chi connectivity index (χ0n) is 10.4. The van der Waals surface area contributed by atoms with Crippen molar-refractivity contribution in [3.05, 3.63) is 36.4 Å². The Balaban J connectivity index is 2.10. The molecule has 0 bridgehead atoms. The third kappa shape index (κ3) is 3.13. The second-order valence-electron chi connectivity index (χ2n) is 4.61. The monoisotopic (exact) mass is 260 g/mol. The van der Waals surface area contributed by atoms with Crippen LogP contribution in [0.3, 0.4) is 0 Å². The first-order chi connectivity index (χ1) is 9.08. The number of anilines is 2. The molecule has 0 fully saturated rings. The van der Waals surface area contributed by atoms with Crippen LogP contribution >= 0.6 is 0 Å². The lowest BCUT2D eigenvalue weighted by Gasteiger charge is -2.24. The van der Waals surface area contributed by atoms with E-state index in [0.29, 0.717) is 24.2 Å². The molecular weight excluding hydrogens is 244 g/mol. The maximum Gasteiger partial charge on any atom is 0.307 e. The highest BCUT2D eigenvalue weighted by molar-refractivity contribution is 5.95. The molecule has 0 saturated carbocycles. The fourth-order valence-electron chi connectivity index (χ4n) is 2.23. The van der Waals surface area contributed by atoms with Gasteiger partial charge in [0.15, 0.2) is 0 Å². The third-order valence-electron chi connectivity index (χ3n) is 3.24. The van der Waals surface area contributed by atoms with Crippen LogP contribution in [0.5, 0.6) is 0 Å². The molecule has 100 valence electrons. The number of carboxylic acid groups (broad SMARTS) is 1. The summed E-state index contributed by atoms with van der Waals surface area (Å²) in [6.07, 6.45) is 4.50. The molecule has 0 aliphatic heterocycles. The number of rotatable bonds is 3. The Kier molecular flexibility index (Phi) is 3.85. The zero-order valence-corrected chi connectivity index (χ0v) is 10.4. The lowest BCUT2D eigenvalue weighted by atomic mass is 9.82. The number of carboxylic acids is 1. The molecule has 4 N–H and O–H groups in total. The predicted octanol–water partition coefficient (Wildman–Crippen LogP) is 1.87. The molecule has 2 rings (SSSR count). The molecule has 0 radical (unpaired) electrons. The Morgan fingerprint density at radius 3 is 2.53 bits per heavy atom. The largest absolute Gasteiger partial charge is 0.481 e. The molecule has 0 spiro atoms. The summed E-state index contributed by atoms with van der Waals surface area (Å²) in [7, 11) is 0. The molecule has 19 heavy (non-hydrogen) atoms. The van der Waals surface area contributed by atoms with Crippen molar-refractivity contribution >= 4 is 23.3 Å². The fraction of sp³-hybridized carbons (Fsp3) is 0.286. The van der Waals surface area contributed by atoms with Crippen LogP contribution in [-0.2, 0) is 9.59 Å². The van der Waals surface area contributed by atoms with Gasteiger partial charge in [-0.25, -0.2) is 0 Å². The van der Waals surface area contributed by atoms with Crippen molar-refractivity contribution in [3.8, 4) is 0 Å². The molecule has 1 aromatic carbocycles. The average Bonchev–Trinajstić information content (AvgIpc) is 2.38. The van der Waals surface area contributed by atoms with Gasteiger partial charge < -0.3 is 16.2 Å². The number of carbonyl (C=O) groups excluding carboxylic acids is 1. The first-order valence-electron chi connectivity index (χ1n) is 6.12. The number of nitrogen functional groups attached to an aromatic ring is 1. The van der Waals surface area contributed by atoms with E-state index in [2.05, 4.69) is 5.32 Å². The highest BCUT2D eigenvalue weighted by atomic mass is 16.4. The van der Waals surface area contributed by atoms with Gasteiger partial charge in [0.2, 0.25) is 5.91 Å². The van der Waals surface area contributed by atoms with Crippen molar-refractivity contribution < 1.29 is 14.7 Å². The highest BCUT2D eigenvalue weighted by Crippen LogP contribution is 2.27. The van der Waals surface area contributed by atoms with Gasteiger partial charge in [-0.05, 0) is 31.0 Å². The van der Waals surface area contributed by atoms with E-state index < -0.39 is 17.8 Å². The minimum Gasteiger partial charge on any atom is -0.481 e. The van der Waals surface area contributed by atoms with E-state index in [0.717, 1.165) is 0 Å². The van der Waals surface area contributed by atoms with Gasteiger partial charge in [-0.2, -0.15) is 0 Å². The summed E-state index contributed by atoms with van der Waals surface area (Å²) in [4.78, 5) is 23.3. The molecule has 1 aliphatic carbocycles. The van der Waals surface area contributed by atoms with Gasteiger partial charge in [0, 0.05) is 11.4 Å². The number of carbonyl (C=O) groups is 2. The van der Waals surface area contributed by atoms with Crippen molar-refractivity contribution in [2.24, 2.45) is 11.8 Å². The zero-order chi connectivity index (χ0) is 13.8. The molecular formula is C14H16N2O3. The van der Waals surface area contributed by atoms with Gasteiger partial charge >= 0.3 is 5.97 Å². The minimum absolute atomic E-state index is 0.276. The molecule has 2 atom stereocenters. The predicted molar refractivity (Wildman–Crippen MR) is 72.5 cm³/mol.